The Morgan fingerprint density at radius 2 is 1.96 bits per heavy atom. The maximum Gasteiger partial charge on any atom is 0.414 e. The van der Waals surface area contributed by atoms with Crippen molar-refractivity contribution in [3.05, 3.63) is 36.0 Å². The van der Waals surface area contributed by atoms with Gasteiger partial charge in [0.15, 0.2) is 5.78 Å². The summed E-state index contributed by atoms with van der Waals surface area (Å²) in [6, 6.07) is 1.91. The summed E-state index contributed by atoms with van der Waals surface area (Å²) in [5.74, 6) is -1.87. The first-order valence-electron chi connectivity index (χ1n) is 8.04. The van der Waals surface area contributed by atoms with Crippen LogP contribution in [0.25, 0.3) is 0 Å². The van der Waals surface area contributed by atoms with Crippen LogP contribution in [-0.4, -0.2) is 43.5 Å². The molecule has 1 N–H and O–H groups in total. The monoisotopic (exact) mass is 365 g/mol. The lowest BCUT2D eigenvalue weighted by Gasteiger charge is -2.24. The smallest absolute Gasteiger partial charge is 0.414 e. The molecule has 0 aliphatic carbocycles. The highest BCUT2D eigenvalue weighted by Gasteiger charge is 2.34. The third kappa shape index (κ3) is 3.66. The zero-order valence-corrected chi connectivity index (χ0v) is 14.0. The van der Waals surface area contributed by atoms with Crippen molar-refractivity contribution in [3.8, 4) is 0 Å². The van der Waals surface area contributed by atoms with Gasteiger partial charge in [0.05, 0.1) is 24.5 Å². The van der Waals surface area contributed by atoms with Crippen LogP contribution >= 0.6 is 0 Å². The first kappa shape index (κ1) is 17.8. The minimum Gasteiger partial charge on any atom is -0.442 e. The summed E-state index contributed by atoms with van der Waals surface area (Å²) in [6.45, 7) is 1.65. The average molecular weight is 365 g/mol. The highest BCUT2D eigenvalue weighted by Crippen LogP contribution is 2.31. The maximum absolute atomic E-state index is 14.5. The predicted octanol–water partition coefficient (Wildman–Crippen LogP) is 1.72. The fourth-order valence-corrected chi connectivity index (χ4v) is 2.80. The maximum atomic E-state index is 14.5. The zero-order valence-electron chi connectivity index (χ0n) is 14.0. The first-order valence-corrected chi connectivity index (χ1v) is 8.04. The number of hydrogen-bond donors (Lipinski definition) is 1. The Labute approximate surface area is 148 Å². The van der Waals surface area contributed by atoms with Crippen LogP contribution in [0.3, 0.4) is 0 Å². The lowest BCUT2D eigenvalue weighted by molar-refractivity contribution is -0.119. The Balaban J connectivity index is 1.80. The molecule has 3 rings (SSSR count). The molecule has 0 spiro atoms. The van der Waals surface area contributed by atoms with Crippen molar-refractivity contribution in [2.45, 2.75) is 19.4 Å². The van der Waals surface area contributed by atoms with E-state index in [-0.39, 0.29) is 49.1 Å². The third-order valence-electron chi connectivity index (χ3n) is 4.11. The average Bonchev–Trinajstić information content (AvgIpc) is 2.96. The van der Waals surface area contributed by atoms with Gasteiger partial charge in [-0.2, -0.15) is 0 Å². The Morgan fingerprint density at radius 1 is 1.27 bits per heavy atom. The lowest BCUT2D eigenvalue weighted by Crippen LogP contribution is -2.33. The first-order chi connectivity index (χ1) is 12.3. The number of carbonyl (C=O) groups is 3. The van der Waals surface area contributed by atoms with E-state index in [9.17, 15) is 23.2 Å². The largest absolute Gasteiger partial charge is 0.442 e. The number of cyclic esters (lactones) is 1. The second-order valence-electron chi connectivity index (χ2n) is 6.03. The number of ether oxygens (including phenoxy) is 1. The van der Waals surface area contributed by atoms with Crippen LogP contribution in [-0.2, 0) is 14.3 Å². The number of allylic oxidation sites excluding steroid dienone is 1. The zero-order chi connectivity index (χ0) is 18.8. The van der Waals surface area contributed by atoms with Gasteiger partial charge in [0.25, 0.3) is 0 Å². The minimum atomic E-state index is -0.810. The molecule has 0 aromatic heterocycles. The summed E-state index contributed by atoms with van der Waals surface area (Å²) in [5, 5.41) is 2.51. The van der Waals surface area contributed by atoms with Crippen molar-refractivity contribution >= 4 is 29.2 Å². The highest BCUT2D eigenvalue weighted by atomic mass is 19.1. The third-order valence-corrected chi connectivity index (χ3v) is 4.11. The summed E-state index contributed by atoms with van der Waals surface area (Å²) in [6.07, 6.45) is 1.46. The number of nitrogens with one attached hydrogen (secondary N) is 1. The van der Waals surface area contributed by atoms with E-state index in [4.69, 9.17) is 4.74 Å². The number of hydrogen-bond acceptors (Lipinski definition) is 5. The van der Waals surface area contributed by atoms with Crippen molar-refractivity contribution in [2.24, 2.45) is 0 Å². The number of nitrogens with zero attached hydrogens (tertiary/aromatic N) is 2. The molecule has 1 atom stereocenters. The summed E-state index contributed by atoms with van der Waals surface area (Å²) in [5.41, 5.74) is -0.254. The molecule has 9 heteroatoms. The van der Waals surface area contributed by atoms with Gasteiger partial charge in [0, 0.05) is 38.2 Å². The van der Waals surface area contributed by atoms with Gasteiger partial charge in [-0.25, -0.2) is 13.6 Å². The standard InChI is InChI=1S/C17H17F2N3O4/c1-10(23)20-8-12-9-22(17(25)26-12)16-7-13(18)15(6-14(16)19)21-4-2-11(24)3-5-21/h2,4,6-7,12H,3,5,8-9H2,1H3,(H,20,23)/t12-/m0/s1. The van der Waals surface area contributed by atoms with E-state index in [1.54, 1.807) is 0 Å². The molecular formula is C17H17F2N3O4. The van der Waals surface area contributed by atoms with Crippen molar-refractivity contribution in [2.75, 3.05) is 29.4 Å². The number of benzene rings is 1. The van der Waals surface area contributed by atoms with Gasteiger partial charge >= 0.3 is 6.09 Å². The topological polar surface area (TPSA) is 79.0 Å². The summed E-state index contributed by atoms with van der Waals surface area (Å²) in [4.78, 5) is 36.5. The molecular weight excluding hydrogens is 348 g/mol. The normalized spacial score (nSPS) is 19.7. The van der Waals surface area contributed by atoms with Crippen LogP contribution in [0.5, 0.6) is 0 Å². The number of amides is 2. The molecule has 0 radical (unpaired) electrons. The molecule has 1 saturated heterocycles. The van der Waals surface area contributed by atoms with Crippen LogP contribution in [0.1, 0.15) is 13.3 Å². The molecule has 26 heavy (non-hydrogen) atoms. The van der Waals surface area contributed by atoms with E-state index in [0.29, 0.717) is 0 Å². The van der Waals surface area contributed by atoms with Crippen LogP contribution in [0.2, 0.25) is 0 Å². The van der Waals surface area contributed by atoms with Crippen LogP contribution in [0, 0.1) is 11.6 Å². The van der Waals surface area contributed by atoms with Crippen LogP contribution in [0.4, 0.5) is 25.0 Å². The molecule has 0 bridgehead atoms. The highest BCUT2D eigenvalue weighted by molar-refractivity contribution is 5.92. The number of rotatable bonds is 4. The Kier molecular flexibility index (Phi) is 4.88. The molecule has 1 fully saturated rings. The molecule has 2 aliphatic heterocycles. The van der Waals surface area contributed by atoms with Gasteiger partial charge in [-0.1, -0.05) is 0 Å². The Morgan fingerprint density at radius 3 is 2.62 bits per heavy atom. The molecule has 0 unspecified atom stereocenters. The molecule has 1 aromatic rings. The Bertz CT molecular complexity index is 796. The number of carbonyl (C=O) groups excluding carboxylic acids is 3. The quantitative estimate of drug-likeness (QED) is 0.879. The molecule has 2 amide bonds. The van der Waals surface area contributed by atoms with E-state index >= 15 is 0 Å². The van der Waals surface area contributed by atoms with Gasteiger partial charge in [-0.15, -0.1) is 0 Å². The summed E-state index contributed by atoms with van der Waals surface area (Å²) >= 11 is 0. The number of ketones is 1. The molecule has 7 nitrogen and oxygen atoms in total. The van der Waals surface area contributed by atoms with Crippen LogP contribution < -0.4 is 15.1 Å². The van der Waals surface area contributed by atoms with Crippen LogP contribution in [0.15, 0.2) is 24.4 Å². The fourth-order valence-electron chi connectivity index (χ4n) is 2.80. The van der Waals surface area contributed by atoms with E-state index in [2.05, 4.69) is 5.32 Å². The van der Waals surface area contributed by atoms with Crippen molar-refractivity contribution in [1.29, 1.82) is 0 Å². The van der Waals surface area contributed by atoms with Crippen molar-refractivity contribution < 1.29 is 27.9 Å². The fraction of sp³-hybridized carbons (Fsp3) is 0.353. The van der Waals surface area contributed by atoms with Gasteiger partial charge < -0.3 is 15.0 Å². The molecule has 138 valence electrons. The summed E-state index contributed by atoms with van der Waals surface area (Å²) in [7, 11) is 0. The molecule has 2 aliphatic rings. The van der Waals surface area contributed by atoms with Gasteiger partial charge in [0.2, 0.25) is 5.91 Å². The molecule has 0 saturated carbocycles. The second-order valence-corrected chi connectivity index (χ2v) is 6.03. The van der Waals surface area contributed by atoms with E-state index in [1.165, 1.54) is 24.1 Å². The van der Waals surface area contributed by atoms with E-state index in [0.717, 1.165) is 17.0 Å². The van der Waals surface area contributed by atoms with Crippen molar-refractivity contribution in [1.82, 2.24) is 5.32 Å². The van der Waals surface area contributed by atoms with Gasteiger partial charge in [-0.3, -0.25) is 14.5 Å². The minimum absolute atomic E-state index is 0.00701. The van der Waals surface area contributed by atoms with Crippen molar-refractivity contribution in [3.63, 3.8) is 0 Å². The van der Waals surface area contributed by atoms with E-state index < -0.39 is 23.8 Å². The lowest BCUT2D eigenvalue weighted by atomic mass is 10.1. The SMILES string of the molecule is CC(=O)NC[C@H]1CN(c2cc(F)c(N3C=CC(=O)CC3)cc2F)C(=O)O1. The number of anilines is 2. The summed E-state index contributed by atoms with van der Waals surface area (Å²) < 4.78 is 34.1. The van der Waals surface area contributed by atoms with Gasteiger partial charge in [-0.05, 0) is 6.08 Å². The number of halogens is 2. The van der Waals surface area contributed by atoms with Gasteiger partial charge in [0.1, 0.15) is 17.7 Å². The molecule has 1 aromatic carbocycles. The van der Waals surface area contributed by atoms with E-state index in [1.807, 2.05) is 0 Å². The predicted molar refractivity (Wildman–Crippen MR) is 88.8 cm³/mol. The molecule has 2 heterocycles. The second kappa shape index (κ2) is 7.11. The Hall–Kier alpha value is -2.97.